The van der Waals surface area contributed by atoms with Gasteiger partial charge in [-0.15, -0.1) is 0 Å². The van der Waals surface area contributed by atoms with Crippen LogP contribution in [0.3, 0.4) is 0 Å². The number of esters is 1. The van der Waals surface area contributed by atoms with Crippen LogP contribution in [0.2, 0.25) is 0 Å². The zero-order valence-corrected chi connectivity index (χ0v) is 24.6. The van der Waals surface area contributed by atoms with Gasteiger partial charge in [-0.3, -0.25) is 9.59 Å². The number of benzene rings is 2. The number of amides is 2. The molecule has 0 unspecified atom stereocenters. The number of hydrogen-bond acceptors (Lipinski definition) is 7. The summed E-state index contributed by atoms with van der Waals surface area (Å²) < 4.78 is 16.7. The van der Waals surface area contributed by atoms with Crippen LogP contribution in [0.5, 0.6) is 0 Å². The molecule has 10 heteroatoms. The maximum absolute atomic E-state index is 13.3. The van der Waals surface area contributed by atoms with Crippen LogP contribution in [0.15, 0.2) is 48.5 Å². The Kier molecular flexibility index (Phi) is 9.81. The normalized spacial score (nSPS) is 15.1. The van der Waals surface area contributed by atoms with Crippen molar-refractivity contribution < 1.29 is 38.5 Å². The van der Waals surface area contributed by atoms with E-state index in [1.807, 2.05) is 48.5 Å². The molecule has 3 rings (SSSR count). The fourth-order valence-electron chi connectivity index (χ4n) is 4.80. The number of carbonyl (C=O) groups excluding carboxylic acids is 3. The molecule has 0 spiro atoms. The number of fused-ring (bicyclic) bond motifs is 3. The summed E-state index contributed by atoms with van der Waals surface area (Å²) in [7, 11) is 0. The second-order valence-electron chi connectivity index (χ2n) is 12.1. The minimum absolute atomic E-state index is 0.0269. The maximum atomic E-state index is 13.3. The van der Waals surface area contributed by atoms with Gasteiger partial charge in [0.2, 0.25) is 5.91 Å². The van der Waals surface area contributed by atoms with Gasteiger partial charge in [0.25, 0.3) is 0 Å². The van der Waals surface area contributed by atoms with E-state index in [4.69, 9.17) is 14.2 Å². The lowest BCUT2D eigenvalue weighted by atomic mass is 9.98. The number of aliphatic carboxylic acids is 1. The van der Waals surface area contributed by atoms with E-state index in [0.29, 0.717) is 0 Å². The van der Waals surface area contributed by atoms with Gasteiger partial charge >= 0.3 is 18.0 Å². The smallest absolute Gasteiger partial charge is 0.407 e. The molecular weight excluding hydrogens is 528 g/mol. The molecule has 1 aliphatic carbocycles. The van der Waals surface area contributed by atoms with E-state index in [0.717, 1.165) is 22.3 Å². The summed E-state index contributed by atoms with van der Waals surface area (Å²) in [6, 6.07) is 12.9. The van der Waals surface area contributed by atoms with Crippen molar-refractivity contribution in [3.8, 4) is 11.1 Å². The summed E-state index contributed by atoms with van der Waals surface area (Å²) in [6.07, 6.45) is -2.33. The highest BCUT2D eigenvalue weighted by atomic mass is 16.6. The molecule has 0 saturated heterocycles. The Morgan fingerprint density at radius 2 is 1.39 bits per heavy atom. The summed E-state index contributed by atoms with van der Waals surface area (Å²) in [5.41, 5.74) is 2.72. The first-order chi connectivity index (χ1) is 19.1. The zero-order chi connectivity index (χ0) is 30.5. The molecule has 3 N–H and O–H groups in total. The number of carboxylic acid groups (broad SMARTS) is 1. The van der Waals surface area contributed by atoms with Gasteiger partial charge in [0.05, 0.1) is 18.1 Å². The molecule has 0 aromatic heterocycles. The molecule has 2 amide bonds. The van der Waals surface area contributed by atoms with Gasteiger partial charge in [-0.1, -0.05) is 48.5 Å². The van der Waals surface area contributed by atoms with Crippen molar-refractivity contribution >= 4 is 23.9 Å². The first kappa shape index (κ1) is 31.6. The third-order valence-electron chi connectivity index (χ3n) is 6.31. The van der Waals surface area contributed by atoms with E-state index in [1.54, 1.807) is 48.5 Å². The fraction of sp³-hybridized carbons (Fsp3) is 0.484. The van der Waals surface area contributed by atoms with Gasteiger partial charge in [0.1, 0.15) is 24.3 Å². The molecule has 222 valence electrons. The number of carboxylic acids is 1. The van der Waals surface area contributed by atoms with Crippen molar-refractivity contribution in [1.29, 1.82) is 0 Å². The molecule has 2 aromatic carbocycles. The Labute approximate surface area is 240 Å². The number of alkyl carbamates (subject to hydrolysis) is 1. The van der Waals surface area contributed by atoms with E-state index in [1.165, 1.54) is 0 Å². The molecule has 10 nitrogen and oxygen atoms in total. The fourth-order valence-corrected chi connectivity index (χ4v) is 4.80. The predicted octanol–water partition coefficient (Wildman–Crippen LogP) is 4.40. The first-order valence-corrected chi connectivity index (χ1v) is 13.6. The lowest BCUT2D eigenvalue weighted by Gasteiger charge is -2.31. The third kappa shape index (κ3) is 8.78. The molecule has 0 aliphatic heterocycles. The summed E-state index contributed by atoms with van der Waals surface area (Å²) >= 11 is 0. The highest BCUT2D eigenvalue weighted by molar-refractivity contribution is 5.91. The minimum atomic E-state index is -1.58. The molecular formula is C31H40N2O8. The number of rotatable bonds is 10. The third-order valence-corrected chi connectivity index (χ3v) is 6.31. The van der Waals surface area contributed by atoms with Crippen LogP contribution in [0.1, 0.15) is 71.9 Å². The lowest BCUT2D eigenvalue weighted by molar-refractivity contribution is -0.158. The van der Waals surface area contributed by atoms with Crippen LogP contribution in [0.25, 0.3) is 11.1 Å². The van der Waals surface area contributed by atoms with Crippen LogP contribution < -0.4 is 10.6 Å². The Hall–Kier alpha value is -3.92. The van der Waals surface area contributed by atoms with E-state index in [2.05, 4.69) is 10.6 Å². The van der Waals surface area contributed by atoms with Crippen molar-refractivity contribution in [2.45, 2.75) is 90.2 Å². The van der Waals surface area contributed by atoms with Crippen LogP contribution in [0.4, 0.5) is 4.79 Å². The van der Waals surface area contributed by atoms with Gasteiger partial charge in [-0.2, -0.15) is 0 Å². The molecule has 0 bridgehead atoms. The number of hydrogen-bond donors (Lipinski definition) is 3. The first-order valence-electron chi connectivity index (χ1n) is 13.6. The van der Waals surface area contributed by atoms with Gasteiger partial charge in [0.15, 0.2) is 0 Å². The summed E-state index contributed by atoms with van der Waals surface area (Å²) in [5.74, 6) is -3.24. The second-order valence-corrected chi connectivity index (χ2v) is 12.1. The van der Waals surface area contributed by atoms with E-state index in [9.17, 15) is 24.3 Å². The predicted molar refractivity (Wildman–Crippen MR) is 152 cm³/mol. The van der Waals surface area contributed by atoms with E-state index >= 15 is 0 Å². The van der Waals surface area contributed by atoms with Crippen molar-refractivity contribution in [2.75, 3.05) is 6.61 Å². The largest absolute Gasteiger partial charge is 0.480 e. The van der Waals surface area contributed by atoms with Gasteiger partial charge < -0.3 is 30.0 Å². The standard InChI is InChI=1S/C31H40N2O8/c1-18(40-30(2,3)4)26(27(35)32-24(28(36)37)16-25(34)41-31(5,6)7)33-29(38)39-17-23-21-14-10-8-12-19(21)20-13-9-11-15-22(20)23/h8-15,18,23-24,26H,16-17H2,1-7H3,(H,32,35)(H,33,38)(H,36,37)/t18-,24-,26-/m0/s1. The Bertz CT molecular complexity index is 1230. The van der Waals surface area contributed by atoms with Crippen molar-refractivity contribution in [3.63, 3.8) is 0 Å². The molecule has 0 heterocycles. The topological polar surface area (TPSA) is 140 Å². The van der Waals surface area contributed by atoms with Crippen molar-refractivity contribution in [1.82, 2.24) is 10.6 Å². The van der Waals surface area contributed by atoms with Crippen molar-refractivity contribution in [3.05, 3.63) is 59.7 Å². The monoisotopic (exact) mass is 568 g/mol. The van der Waals surface area contributed by atoms with E-state index < -0.39 is 59.7 Å². The number of ether oxygens (including phenoxy) is 3. The van der Waals surface area contributed by atoms with Crippen LogP contribution in [-0.2, 0) is 28.6 Å². The Balaban J connectivity index is 1.73. The van der Waals surface area contributed by atoms with Crippen LogP contribution >= 0.6 is 0 Å². The highest BCUT2D eigenvalue weighted by Crippen LogP contribution is 2.44. The summed E-state index contributed by atoms with van der Waals surface area (Å²) in [6.45, 7) is 11.9. The molecule has 0 fully saturated rings. The molecule has 0 saturated carbocycles. The lowest BCUT2D eigenvalue weighted by Crippen LogP contribution is -2.57. The summed E-state index contributed by atoms with van der Waals surface area (Å²) in [4.78, 5) is 50.4. The van der Waals surface area contributed by atoms with Crippen LogP contribution in [0, 0.1) is 0 Å². The summed E-state index contributed by atoms with van der Waals surface area (Å²) in [5, 5.41) is 14.5. The van der Waals surface area contributed by atoms with Crippen molar-refractivity contribution in [2.24, 2.45) is 0 Å². The highest BCUT2D eigenvalue weighted by Gasteiger charge is 2.36. The van der Waals surface area contributed by atoms with Gasteiger partial charge in [-0.05, 0) is 70.7 Å². The number of carbonyl (C=O) groups is 4. The molecule has 1 aliphatic rings. The van der Waals surface area contributed by atoms with Gasteiger partial charge in [0, 0.05) is 5.92 Å². The van der Waals surface area contributed by atoms with Gasteiger partial charge in [-0.25, -0.2) is 9.59 Å². The molecule has 41 heavy (non-hydrogen) atoms. The molecule has 3 atom stereocenters. The molecule has 2 aromatic rings. The number of nitrogens with one attached hydrogen (secondary N) is 2. The van der Waals surface area contributed by atoms with Crippen LogP contribution in [-0.4, -0.2) is 65.0 Å². The maximum Gasteiger partial charge on any atom is 0.407 e. The zero-order valence-electron chi connectivity index (χ0n) is 24.6. The average Bonchev–Trinajstić information content (AvgIpc) is 3.17. The Morgan fingerprint density at radius 3 is 1.88 bits per heavy atom. The Morgan fingerprint density at radius 1 is 0.854 bits per heavy atom. The minimum Gasteiger partial charge on any atom is -0.480 e. The SMILES string of the molecule is C[C@H](OC(C)(C)C)[C@H](NC(=O)OCC1c2ccccc2-c2ccccc21)C(=O)N[C@@H](CC(=O)OC(C)(C)C)C(=O)O. The molecule has 0 radical (unpaired) electrons. The second kappa shape index (κ2) is 12.7. The van der Waals surface area contributed by atoms with E-state index in [-0.39, 0.29) is 12.5 Å². The average molecular weight is 569 g/mol. The quantitative estimate of drug-likeness (QED) is 0.358.